The van der Waals surface area contributed by atoms with Gasteiger partial charge in [0.15, 0.2) is 0 Å². The number of nitrogens with one attached hydrogen (secondary N) is 2. The molecule has 0 amide bonds. The zero-order valence-corrected chi connectivity index (χ0v) is 21.5. The Balaban J connectivity index is 4.91. The molecular formula is C24H53N2O2P. The van der Waals surface area contributed by atoms with Gasteiger partial charge in [-0.25, -0.2) is 10.2 Å². The number of hydrogen-bond donors (Lipinski definition) is 2. The molecule has 0 aromatic rings. The van der Waals surface area contributed by atoms with Crippen molar-refractivity contribution in [3.8, 4) is 0 Å². The van der Waals surface area contributed by atoms with Gasteiger partial charge < -0.3 is 4.52 Å². The average Bonchev–Trinajstić information content (AvgIpc) is 2.74. The van der Waals surface area contributed by atoms with Crippen LogP contribution in [-0.2, 0) is 9.09 Å². The molecule has 0 fully saturated rings. The summed E-state index contributed by atoms with van der Waals surface area (Å²) in [5.74, 6) is 1.63. The van der Waals surface area contributed by atoms with Crippen molar-refractivity contribution in [2.45, 2.75) is 119 Å². The Hall–Kier alpha value is 0.110. The second kappa shape index (κ2) is 18.8. The minimum Gasteiger partial charge on any atom is -0.306 e. The molecule has 4 nitrogen and oxygen atoms in total. The smallest absolute Gasteiger partial charge is 0.306 e. The topological polar surface area (TPSA) is 50.4 Å². The summed E-state index contributed by atoms with van der Waals surface area (Å²) < 4.78 is 19.8. The van der Waals surface area contributed by atoms with Gasteiger partial charge in [-0.05, 0) is 37.0 Å². The highest BCUT2D eigenvalue weighted by molar-refractivity contribution is 7.54. The molecule has 176 valence electrons. The first-order valence-electron chi connectivity index (χ1n) is 12.7. The first-order chi connectivity index (χ1) is 14.0. The second-order valence-corrected chi connectivity index (χ2v) is 10.8. The van der Waals surface area contributed by atoms with Crippen molar-refractivity contribution in [2.75, 3.05) is 19.7 Å². The fraction of sp³-hybridized carbons (Fsp3) is 1.00. The molecular weight excluding hydrogens is 379 g/mol. The third-order valence-corrected chi connectivity index (χ3v) is 8.01. The van der Waals surface area contributed by atoms with Gasteiger partial charge >= 0.3 is 7.67 Å². The van der Waals surface area contributed by atoms with E-state index in [0.717, 1.165) is 38.8 Å². The lowest BCUT2D eigenvalue weighted by molar-refractivity contribution is 0.222. The first-order valence-corrected chi connectivity index (χ1v) is 14.3. The fourth-order valence-corrected chi connectivity index (χ4v) is 5.35. The summed E-state index contributed by atoms with van der Waals surface area (Å²) in [6.07, 6.45) is 14.2. The van der Waals surface area contributed by atoms with Crippen LogP contribution < -0.4 is 10.2 Å². The monoisotopic (exact) mass is 432 g/mol. The van der Waals surface area contributed by atoms with Crippen LogP contribution in [0.5, 0.6) is 0 Å². The maximum Gasteiger partial charge on any atom is 0.340 e. The van der Waals surface area contributed by atoms with Crippen molar-refractivity contribution < 1.29 is 9.09 Å². The Morgan fingerprint density at radius 2 is 1.03 bits per heavy atom. The summed E-state index contributed by atoms with van der Waals surface area (Å²) in [6.45, 7) is 15.5. The van der Waals surface area contributed by atoms with Gasteiger partial charge in [-0.1, -0.05) is 99.3 Å². The molecule has 3 atom stereocenters. The van der Waals surface area contributed by atoms with E-state index in [4.69, 9.17) is 4.52 Å². The number of unbranched alkanes of at least 4 members (excludes halogenated alkanes) is 3. The summed E-state index contributed by atoms with van der Waals surface area (Å²) >= 11 is 0. The van der Waals surface area contributed by atoms with Crippen molar-refractivity contribution in [2.24, 2.45) is 17.8 Å². The molecule has 0 heterocycles. The van der Waals surface area contributed by atoms with E-state index in [2.05, 4.69) is 51.7 Å². The van der Waals surface area contributed by atoms with Gasteiger partial charge in [0.05, 0.1) is 6.61 Å². The van der Waals surface area contributed by atoms with Crippen molar-refractivity contribution in [1.82, 2.24) is 10.2 Å². The van der Waals surface area contributed by atoms with Crippen molar-refractivity contribution in [3.05, 3.63) is 0 Å². The van der Waals surface area contributed by atoms with Crippen LogP contribution in [0.2, 0.25) is 0 Å². The van der Waals surface area contributed by atoms with Crippen molar-refractivity contribution >= 4 is 7.67 Å². The molecule has 3 unspecified atom stereocenters. The van der Waals surface area contributed by atoms with Gasteiger partial charge in [-0.3, -0.25) is 4.57 Å². The summed E-state index contributed by atoms with van der Waals surface area (Å²) in [6, 6.07) is 0. The van der Waals surface area contributed by atoms with Gasteiger partial charge in [0, 0.05) is 13.1 Å². The van der Waals surface area contributed by atoms with E-state index in [-0.39, 0.29) is 0 Å². The molecule has 2 N–H and O–H groups in total. The Morgan fingerprint density at radius 3 is 1.38 bits per heavy atom. The Morgan fingerprint density at radius 1 is 0.655 bits per heavy atom. The molecule has 0 aliphatic heterocycles. The van der Waals surface area contributed by atoms with E-state index in [0.29, 0.717) is 24.4 Å². The molecule has 0 rings (SSSR count). The molecule has 29 heavy (non-hydrogen) atoms. The van der Waals surface area contributed by atoms with E-state index in [9.17, 15) is 4.57 Å². The van der Waals surface area contributed by atoms with E-state index >= 15 is 0 Å². The van der Waals surface area contributed by atoms with Crippen LogP contribution in [0.4, 0.5) is 0 Å². The summed E-state index contributed by atoms with van der Waals surface area (Å²) in [7, 11) is -3.02. The lowest BCUT2D eigenvalue weighted by Gasteiger charge is -2.27. The highest BCUT2D eigenvalue weighted by atomic mass is 31.2. The summed E-state index contributed by atoms with van der Waals surface area (Å²) in [4.78, 5) is 0. The summed E-state index contributed by atoms with van der Waals surface area (Å²) in [5.41, 5.74) is 0. The highest BCUT2D eigenvalue weighted by Gasteiger charge is 2.26. The number of rotatable bonds is 21. The summed E-state index contributed by atoms with van der Waals surface area (Å²) in [5, 5.41) is 6.70. The van der Waals surface area contributed by atoms with E-state index in [1.807, 2.05) is 0 Å². The van der Waals surface area contributed by atoms with Gasteiger partial charge in [0.2, 0.25) is 0 Å². The minimum absolute atomic E-state index is 0.496. The van der Waals surface area contributed by atoms with Gasteiger partial charge in [-0.2, -0.15) is 0 Å². The molecule has 0 bridgehead atoms. The van der Waals surface area contributed by atoms with Crippen molar-refractivity contribution in [1.29, 1.82) is 0 Å². The standard InChI is InChI=1S/C24H53N2O2P/c1-7-13-16-22(10-4)19-25-29(27,26-20-23(11-5)17-14-8-2)28-21-24(12-6)18-15-9-3/h22-24H,7-21H2,1-6H3,(H2,25,26,27). The molecule has 0 aromatic carbocycles. The molecule has 0 radical (unpaired) electrons. The molecule has 0 saturated heterocycles. The maximum absolute atomic E-state index is 13.7. The number of hydrogen-bond acceptors (Lipinski definition) is 2. The van der Waals surface area contributed by atoms with Gasteiger partial charge in [-0.15, -0.1) is 0 Å². The molecule has 5 heteroatoms. The quantitative estimate of drug-likeness (QED) is 0.181. The molecule has 0 aliphatic rings. The van der Waals surface area contributed by atoms with Gasteiger partial charge in [0.1, 0.15) is 0 Å². The predicted molar refractivity (Wildman–Crippen MR) is 129 cm³/mol. The van der Waals surface area contributed by atoms with Crippen LogP contribution in [0.15, 0.2) is 0 Å². The van der Waals surface area contributed by atoms with E-state index in [1.165, 1.54) is 51.4 Å². The molecule has 0 spiro atoms. The third kappa shape index (κ3) is 14.7. The average molecular weight is 433 g/mol. The fourth-order valence-electron chi connectivity index (χ4n) is 3.64. The van der Waals surface area contributed by atoms with Crippen LogP contribution >= 0.6 is 7.67 Å². The second-order valence-electron chi connectivity index (χ2n) is 8.82. The SMILES string of the molecule is CCCCC(CC)CNP(=O)(NCC(CC)CCCC)OCC(CC)CCCC. The molecule has 0 saturated carbocycles. The van der Waals surface area contributed by atoms with Crippen LogP contribution in [-0.4, -0.2) is 19.7 Å². The largest absolute Gasteiger partial charge is 0.340 e. The third-order valence-electron chi connectivity index (χ3n) is 6.30. The van der Waals surface area contributed by atoms with Gasteiger partial charge in [0.25, 0.3) is 0 Å². The minimum atomic E-state index is -3.02. The maximum atomic E-state index is 13.7. The van der Waals surface area contributed by atoms with Crippen LogP contribution in [0.25, 0.3) is 0 Å². The van der Waals surface area contributed by atoms with Crippen LogP contribution in [0, 0.1) is 17.8 Å². The Bertz CT molecular complexity index is 349. The Labute approximate surface area is 183 Å². The first kappa shape index (κ1) is 29.1. The highest BCUT2D eigenvalue weighted by Crippen LogP contribution is 2.39. The van der Waals surface area contributed by atoms with E-state index < -0.39 is 7.67 Å². The lowest BCUT2D eigenvalue weighted by Crippen LogP contribution is -2.32. The van der Waals surface area contributed by atoms with E-state index in [1.54, 1.807) is 0 Å². The zero-order chi connectivity index (χ0) is 22.0. The molecule has 0 aliphatic carbocycles. The van der Waals surface area contributed by atoms with Crippen LogP contribution in [0.1, 0.15) is 119 Å². The zero-order valence-electron chi connectivity index (χ0n) is 20.6. The lowest BCUT2D eigenvalue weighted by atomic mass is 10.00. The van der Waals surface area contributed by atoms with Crippen LogP contribution in [0.3, 0.4) is 0 Å². The predicted octanol–water partition coefficient (Wildman–Crippen LogP) is 7.94. The normalized spacial score (nSPS) is 17.0. The molecule has 0 aromatic heterocycles. The Kier molecular flexibility index (Phi) is 18.9. The van der Waals surface area contributed by atoms with Crippen molar-refractivity contribution in [3.63, 3.8) is 0 Å².